The van der Waals surface area contributed by atoms with Crippen LogP contribution in [0.25, 0.3) is 0 Å². The molecule has 2 heterocycles. The van der Waals surface area contributed by atoms with Crippen molar-refractivity contribution < 1.29 is 14.4 Å². The molecule has 104 valence electrons. The first-order valence-corrected chi connectivity index (χ1v) is 6.78. The fourth-order valence-electron chi connectivity index (χ4n) is 2.17. The van der Waals surface area contributed by atoms with E-state index in [4.69, 9.17) is 15.4 Å². The monoisotopic (exact) mass is 329 g/mol. The Bertz CT molecular complexity index is 504. The van der Waals surface area contributed by atoms with Crippen LogP contribution in [-0.4, -0.2) is 34.9 Å². The van der Waals surface area contributed by atoms with Crippen molar-refractivity contribution in [3.8, 4) is 0 Å². The van der Waals surface area contributed by atoms with Crippen LogP contribution in [-0.2, 0) is 0 Å². The molecule has 2 rings (SSSR count). The van der Waals surface area contributed by atoms with Crippen LogP contribution in [0, 0.1) is 5.41 Å². The number of likely N-dealkylation sites (tertiary alicyclic amines) is 1. The minimum Gasteiger partial charge on any atom is -0.444 e. The summed E-state index contributed by atoms with van der Waals surface area (Å²) in [7, 11) is 0. The van der Waals surface area contributed by atoms with Gasteiger partial charge in [0.05, 0.1) is 0 Å². The van der Waals surface area contributed by atoms with Gasteiger partial charge >= 0.3 is 0 Å². The minimum absolute atomic E-state index is 0.132. The Morgan fingerprint density at radius 2 is 2.16 bits per heavy atom. The topological polar surface area (TPSA) is 92.1 Å². The lowest BCUT2D eigenvalue weighted by Gasteiger charge is -2.38. The molecule has 0 spiro atoms. The molecule has 0 unspecified atom stereocenters. The molecule has 1 aromatic rings. The predicted molar refractivity (Wildman–Crippen MR) is 73.1 cm³/mol. The molecule has 0 atom stereocenters. The number of oxime groups is 1. The molecule has 0 saturated carbocycles. The Kier molecular flexibility index (Phi) is 3.84. The van der Waals surface area contributed by atoms with Crippen molar-refractivity contribution >= 4 is 27.7 Å². The van der Waals surface area contributed by atoms with Gasteiger partial charge in [-0.15, -0.1) is 0 Å². The summed E-state index contributed by atoms with van der Waals surface area (Å²) in [6.07, 6.45) is 1.33. The van der Waals surface area contributed by atoms with Gasteiger partial charge in [-0.2, -0.15) is 0 Å². The first-order chi connectivity index (χ1) is 8.96. The van der Waals surface area contributed by atoms with E-state index >= 15 is 0 Å². The summed E-state index contributed by atoms with van der Waals surface area (Å²) in [5, 5.41) is 11.9. The van der Waals surface area contributed by atoms with E-state index in [1.807, 2.05) is 6.92 Å². The van der Waals surface area contributed by atoms with Crippen molar-refractivity contribution in [3.63, 3.8) is 0 Å². The van der Waals surface area contributed by atoms with Gasteiger partial charge in [0, 0.05) is 18.5 Å². The number of rotatable bonds is 2. The Morgan fingerprint density at radius 1 is 1.53 bits per heavy atom. The number of nitrogens with zero attached hydrogens (tertiary/aromatic N) is 2. The van der Waals surface area contributed by atoms with Crippen LogP contribution >= 0.6 is 15.9 Å². The Balaban J connectivity index is 2.02. The van der Waals surface area contributed by atoms with Gasteiger partial charge in [0.25, 0.3) is 5.91 Å². The average molecular weight is 330 g/mol. The number of nitrogens with two attached hydrogens (primary N) is 1. The third-order valence-corrected chi connectivity index (χ3v) is 4.09. The van der Waals surface area contributed by atoms with Crippen LogP contribution in [0.5, 0.6) is 0 Å². The van der Waals surface area contributed by atoms with Gasteiger partial charge in [0.1, 0.15) is 5.84 Å². The number of amidine groups is 1. The first-order valence-electron chi connectivity index (χ1n) is 5.99. The normalized spacial score (nSPS) is 19.5. The van der Waals surface area contributed by atoms with Crippen LogP contribution in [0.15, 0.2) is 26.4 Å². The van der Waals surface area contributed by atoms with Gasteiger partial charge in [-0.05, 0) is 40.9 Å². The molecule has 1 amide bonds. The lowest BCUT2D eigenvalue weighted by molar-refractivity contribution is 0.0633. The number of halogens is 1. The van der Waals surface area contributed by atoms with Crippen LogP contribution < -0.4 is 5.73 Å². The van der Waals surface area contributed by atoms with Crippen molar-refractivity contribution in [1.29, 1.82) is 0 Å². The Labute approximate surface area is 119 Å². The standard InChI is InChI=1S/C12H16BrN3O3/c1-12(11(14)15-18)4-6-16(7-5-12)10(17)8-2-3-9(13)19-8/h2-3,18H,4-7H2,1H3,(H2,14,15). The van der Waals surface area contributed by atoms with Gasteiger partial charge in [-0.25, -0.2) is 0 Å². The number of piperidine rings is 1. The van der Waals surface area contributed by atoms with Crippen LogP contribution in [0.2, 0.25) is 0 Å². The summed E-state index contributed by atoms with van der Waals surface area (Å²) < 4.78 is 5.79. The van der Waals surface area contributed by atoms with E-state index in [2.05, 4.69) is 21.1 Å². The largest absolute Gasteiger partial charge is 0.444 e. The summed E-state index contributed by atoms with van der Waals surface area (Å²) in [6.45, 7) is 3.06. The molecule has 1 aliphatic rings. The SMILES string of the molecule is CC1(/C(N)=N/O)CCN(C(=O)c2ccc(Br)o2)CC1. The van der Waals surface area contributed by atoms with E-state index in [1.54, 1.807) is 17.0 Å². The summed E-state index contributed by atoms with van der Waals surface area (Å²) in [5.41, 5.74) is 5.34. The molecular weight excluding hydrogens is 314 g/mol. The highest BCUT2D eigenvalue weighted by Gasteiger charge is 2.36. The van der Waals surface area contributed by atoms with Crippen molar-refractivity contribution in [2.45, 2.75) is 19.8 Å². The fourth-order valence-corrected chi connectivity index (χ4v) is 2.47. The molecule has 0 aliphatic carbocycles. The predicted octanol–water partition coefficient (Wildman–Crippen LogP) is 2.03. The molecule has 0 aromatic carbocycles. The van der Waals surface area contributed by atoms with E-state index in [1.165, 1.54) is 0 Å². The molecule has 19 heavy (non-hydrogen) atoms. The minimum atomic E-state index is -0.352. The molecule has 1 saturated heterocycles. The number of carbonyl (C=O) groups is 1. The summed E-state index contributed by atoms with van der Waals surface area (Å²) in [4.78, 5) is 13.9. The Hall–Kier alpha value is -1.50. The zero-order valence-electron chi connectivity index (χ0n) is 10.6. The molecule has 1 aromatic heterocycles. The van der Waals surface area contributed by atoms with Crippen molar-refractivity contribution in [2.75, 3.05) is 13.1 Å². The van der Waals surface area contributed by atoms with Gasteiger partial charge < -0.3 is 20.3 Å². The van der Waals surface area contributed by atoms with Crippen molar-refractivity contribution in [3.05, 3.63) is 22.6 Å². The van der Waals surface area contributed by atoms with Crippen LogP contribution in [0.4, 0.5) is 0 Å². The highest BCUT2D eigenvalue weighted by atomic mass is 79.9. The van der Waals surface area contributed by atoms with E-state index in [0.717, 1.165) is 0 Å². The van der Waals surface area contributed by atoms with Gasteiger partial charge in [0.2, 0.25) is 0 Å². The first kappa shape index (κ1) is 13.9. The van der Waals surface area contributed by atoms with Gasteiger partial charge in [0.15, 0.2) is 10.4 Å². The maximum Gasteiger partial charge on any atom is 0.289 e. The second-order valence-corrected chi connectivity index (χ2v) is 5.72. The molecular formula is C12H16BrN3O3. The number of carbonyl (C=O) groups excluding carboxylic acids is 1. The third kappa shape index (κ3) is 2.75. The van der Waals surface area contributed by atoms with Gasteiger partial charge in [-0.3, -0.25) is 4.79 Å². The molecule has 3 N–H and O–H groups in total. The molecule has 6 nitrogen and oxygen atoms in total. The summed E-state index contributed by atoms with van der Waals surface area (Å²) in [6, 6.07) is 3.33. The molecule has 0 radical (unpaired) electrons. The highest BCUT2D eigenvalue weighted by Crippen LogP contribution is 2.31. The Morgan fingerprint density at radius 3 is 2.63 bits per heavy atom. The quantitative estimate of drug-likeness (QED) is 0.376. The van der Waals surface area contributed by atoms with E-state index < -0.39 is 0 Å². The van der Waals surface area contributed by atoms with E-state index in [0.29, 0.717) is 36.4 Å². The number of amides is 1. The second kappa shape index (κ2) is 5.24. The zero-order chi connectivity index (χ0) is 14.0. The molecule has 1 fully saturated rings. The van der Waals surface area contributed by atoms with Crippen LogP contribution in [0.3, 0.4) is 0 Å². The zero-order valence-corrected chi connectivity index (χ0v) is 12.2. The number of furan rings is 1. The highest BCUT2D eigenvalue weighted by molar-refractivity contribution is 9.10. The summed E-state index contributed by atoms with van der Waals surface area (Å²) >= 11 is 3.17. The fraction of sp³-hybridized carbons (Fsp3) is 0.500. The lowest BCUT2D eigenvalue weighted by atomic mass is 9.79. The van der Waals surface area contributed by atoms with E-state index in [9.17, 15) is 4.79 Å². The molecule has 7 heteroatoms. The lowest BCUT2D eigenvalue weighted by Crippen LogP contribution is -2.47. The van der Waals surface area contributed by atoms with Crippen molar-refractivity contribution in [1.82, 2.24) is 4.90 Å². The maximum absolute atomic E-state index is 12.2. The third-order valence-electron chi connectivity index (χ3n) is 3.66. The van der Waals surface area contributed by atoms with Gasteiger partial charge in [-0.1, -0.05) is 12.1 Å². The number of hydrogen-bond acceptors (Lipinski definition) is 4. The maximum atomic E-state index is 12.2. The van der Waals surface area contributed by atoms with Crippen LogP contribution in [0.1, 0.15) is 30.3 Å². The van der Waals surface area contributed by atoms with Crippen molar-refractivity contribution in [2.24, 2.45) is 16.3 Å². The van der Waals surface area contributed by atoms with E-state index in [-0.39, 0.29) is 17.2 Å². The molecule has 1 aliphatic heterocycles. The molecule has 0 bridgehead atoms. The average Bonchev–Trinajstić information content (AvgIpc) is 2.84. The summed E-state index contributed by atoms with van der Waals surface area (Å²) in [5.74, 6) is 0.409. The smallest absolute Gasteiger partial charge is 0.289 e. The second-order valence-electron chi connectivity index (χ2n) is 4.94. The number of hydrogen-bond donors (Lipinski definition) is 2.